The molecule has 1 aromatic carbocycles. The third-order valence-corrected chi connectivity index (χ3v) is 3.78. The zero-order valence-corrected chi connectivity index (χ0v) is 13.5. The van der Waals surface area contributed by atoms with Gasteiger partial charge in [-0.05, 0) is 31.0 Å². The maximum Gasteiger partial charge on any atom is 0.225 e. The number of rotatable bonds is 5. The van der Waals surface area contributed by atoms with Gasteiger partial charge in [0.15, 0.2) is 5.82 Å². The number of amides is 1. The number of nitrogens with one attached hydrogen (secondary N) is 1. The van der Waals surface area contributed by atoms with Crippen molar-refractivity contribution in [1.82, 2.24) is 9.78 Å². The van der Waals surface area contributed by atoms with Gasteiger partial charge in [0.05, 0.1) is 16.6 Å². The van der Waals surface area contributed by atoms with Crippen LogP contribution in [0.15, 0.2) is 24.3 Å². The van der Waals surface area contributed by atoms with Crippen LogP contribution in [0.4, 0.5) is 5.82 Å². The van der Waals surface area contributed by atoms with E-state index in [4.69, 9.17) is 23.2 Å². The minimum absolute atomic E-state index is 0.0170. The number of hydrogen-bond acceptors (Lipinski definition) is 2. The second-order valence-electron chi connectivity index (χ2n) is 4.88. The Morgan fingerprint density at radius 3 is 2.71 bits per heavy atom. The summed E-state index contributed by atoms with van der Waals surface area (Å²) in [5.41, 5.74) is 1.97. The van der Waals surface area contributed by atoms with Crippen molar-refractivity contribution < 1.29 is 4.79 Å². The van der Waals surface area contributed by atoms with E-state index in [-0.39, 0.29) is 5.91 Å². The molecule has 2 aromatic rings. The van der Waals surface area contributed by atoms with Crippen LogP contribution in [0.2, 0.25) is 10.0 Å². The van der Waals surface area contributed by atoms with Gasteiger partial charge in [-0.3, -0.25) is 9.48 Å². The number of carbonyl (C=O) groups is 1. The van der Waals surface area contributed by atoms with E-state index in [9.17, 15) is 4.79 Å². The minimum atomic E-state index is -0.0170. The van der Waals surface area contributed by atoms with Crippen LogP contribution in [-0.2, 0) is 11.3 Å². The van der Waals surface area contributed by atoms with Crippen molar-refractivity contribution in [3.63, 3.8) is 0 Å². The van der Waals surface area contributed by atoms with Crippen molar-refractivity contribution >= 4 is 34.9 Å². The second-order valence-corrected chi connectivity index (χ2v) is 5.69. The SMILES string of the molecule is CCCC(=O)Nc1cc(C)n(Cc2ccc(Cl)c(Cl)c2)n1. The highest BCUT2D eigenvalue weighted by Gasteiger charge is 2.08. The molecule has 1 N–H and O–H groups in total. The molecule has 0 aliphatic rings. The summed E-state index contributed by atoms with van der Waals surface area (Å²) in [5, 5.41) is 8.24. The summed E-state index contributed by atoms with van der Waals surface area (Å²) in [6.07, 6.45) is 1.31. The van der Waals surface area contributed by atoms with E-state index >= 15 is 0 Å². The van der Waals surface area contributed by atoms with E-state index in [1.165, 1.54) is 0 Å². The number of halogens is 2. The monoisotopic (exact) mass is 325 g/mol. The second kappa shape index (κ2) is 6.96. The summed E-state index contributed by atoms with van der Waals surface area (Å²) >= 11 is 11.9. The first-order valence-electron chi connectivity index (χ1n) is 6.78. The molecule has 0 unspecified atom stereocenters. The fourth-order valence-electron chi connectivity index (χ4n) is 1.97. The summed E-state index contributed by atoms with van der Waals surface area (Å²) in [6, 6.07) is 7.35. The first kappa shape index (κ1) is 15.9. The first-order valence-corrected chi connectivity index (χ1v) is 7.53. The normalized spacial score (nSPS) is 10.7. The Hall–Kier alpha value is -1.52. The third kappa shape index (κ3) is 4.22. The Kier molecular flexibility index (Phi) is 5.26. The molecule has 0 radical (unpaired) electrons. The van der Waals surface area contributed by atoms with Crippen LogP contribution in [0.3, 0.4) is 0 Å². The molecule has 21 heavy (non-hydrogen) atoms. The molecule has 0 atom stereocenters. The number of carbonyl (C=O) groups excluding carboxylic acids is 1. The summed E-state index contributed by atoms with van der Waals surface area (Å²) < 4.78 is 1.82. The van der Waals surface area contributed by atoms with E-state index in [0.717, 1.165) is 17.7 Å². The molecule has 6 heteroatoms. The Balaban J connectivity index is 2.11. The van der Waals surface area contributed by atoms with Gasteiger partial charge in [-0.15, -0.1) is 0 Å². The van der Waals surface area contributed by atoms with Gasteiger partial charge in [0, 0.05) is 18.2 Å². The van der Waals surface area contributed by atoms with Crippen LogP contribution in [0, 0.1) is 6.92 Å². The molecule has 1 aromatic heterocycles. The van der Waals surface area contributed by atoms with Crippen molar-refractivity contribution in [1.29, 1.82) is 0 Å². The number of benzene rings is 1. The Morgan fingerprint density at radius 1 is 1.29 bits per heavy atom. The zero-order chi connectivity index (χ0) is 15.4. The zero-order valence-electron chi connectivity index (χ0n) is 12.0. The average Bonchev–Trinajstić information content (AvgIpc) is 2.74. The molecule has 0 aliphatic heterocycles. The van der Waals surface area contributed by atoms with Gasteiger partial charge in [-0.1, -0.05) is 36.2 Å². The summed E-state index contributed by atoms with van der Waals surface area (Å²) in [7, 11) is 0. The lowest BCUT2D eigenvalue weighted by molar-refractivity contribution is -0.116. The highest BCUT2D eigenvalue weighted by Crippen LogP contribution is 2.23. The summed E-state index contributed by atoms with van der Waals surface area (Å²) in [4.78, 5) is 11.6. The van der Waals surface area contributed by atoms with Gasteiger partial charge < -0.3 is 5.32 Å². The number of aryl methyl sites for hydroxylation is 1. The van der Waals surface area contributed by atoms with Gasteiger partial charge in [0.1, 0.15) is 0 Å². The maximum absolute atomic E-state index is 11.6. The standard InChI is InChI=1S/C15H17Cl2N3O/c1-3-4-15(21)18-14-7-10(2)20(19-14)9-11-5-6-12(16)13(17)8-11/h5-8H,3-4,9H2,1-2H3,(H,18,19,21). The Labute approximate surface area is 134 Å². The molecule has 0 saturated carbocycles. The highest BCUT2D eigenvalue weighted by molar-refractivity contribution is 6.42. The van der Waals surface area contributed by atoms with Gasteiger partial charge in [0.25, 0.3) is 0 Å². The van der Waals surface area contributed by atoms with Gasteiger partial charge in [0.2, 0.25) is 5.91 Å². The lowest BCUT2D eigenvalue weighted by atomic mass is 10.2. The number of hydrogen-bond donors (Lipinski definition) is 1. The lowest BCUT2D eigenvalue weighted by Crippen LogP contribution is -2.11. The molecule has 2 rings (SSSR count). The minimum Gasteiger partial charge on any atom is -0.309 e. The van der Waals surface area contributed by atoms with Crippen LogP contribution in [0.25, 0.3) is 0 Å². The number of nitrogens with zero attached hydrogens (tertiary/aromatic N) is 2. The number of anilines is 1. The van der Waals surface area contributed by atoms with Crippen molar-refractivity contribution in [2.75, 3.05) is 5.32 Å². The van der Waals surface area contributed by atoms with E-state index in [2.05, 4.69) is 10.4 Å². The Morgan fingerprint density at radius 2 is 2.05 bits per heavy atom. The molecule has 0 spiro atoms. The van der Waals surface area contributed by atoms with Gasteiger partial charge >= 0.3 is 0 Å². The van der Waals surface area contributed by atoms with Crippen molar-refractivity contribution in [2.45, 2.75) is 33.2 Å². The van der Waals surface area contributed by atoms with Gasteiger partial charge in [-0.25, -0.2) is 0 Å². The van der Waals surface area contributed by atoms with Crippen LogP contribution < -0.4 is 5.32 Å². The predicted octanol–water partition coefficient (Wildman–Crippen LogP) is 4.29. The molecule has 1 amide bonds. The summed E-state index contributed by atoms with van der Waals surface area (Å²) in [6.45, 7) is 4.49. The molecule has 4 nitrogen and oxygen atoms in total. The molecular formula is C15H17Cl2N3O. The smallest absolute Gasteiger partial charge is 0.225 e. The van der Waals surface area contributed by atoms with Crippen LogP contribution in [-0.4, -0.2) is 15.7 Å². The van der Waals surface area contributed by atoms with Gasteiger partial charge in [-0.2, -0.15) is 5.10 Å². The van der Waals surface area contributed by atoms with Crippen LogP contribution in [0.1, 0.15) is 31.0 Å². The quantitative estimate of drug-likeness (QED) is 0.891. The highest BCUT2D eigenvalue weighted by atomic mass is 35.5. The van der Waals surface area contributed by atoms with Crippen molar-refractivity contribution in [3.8, 4) is 0 Å². The van der Waals surface area contributed by atoms with Crippen molar-refractivity contribution in [3.05, 3.63) is 45.6 Å². The van der Waals surface area contributed by atoms with E-state index < -0.39 is 0 Å². The topological polar surface area (TPSA) is 46.9 Å². The fraction of sp³-hybridized carbons (Fsp3) is 0.333. The summed E-state index contributed by atoms with van der Waals surface area (Å²) in [5.74, 6) is 0.558. The van der Waals surface area contributed by atoms with E-state index in [1.54, 1.807) is 6.07 Å². The van der Waals surface area contributed by atoms with E-state index in [1.807, 2.05) is 36.7 Å². The molecule has 0 saturated heterocycles. The van der Waals surface area contributed by atoms with E-state index in [0.29, 0.717) is 28.8 Å². The molecule has 0 bridgehead atoms. The fourth-order valence-corrected chi connectivity index (χ4v) is 2.30. The molecular weight excluding hydrogens is 309 g/mol. The third-order valence-electron chi connectivity index (χ3n) is 3.04. The maximum atomic E-state index is 11.6. The van der Waals surface area contributed by atoms with Crippen LogP contribution in [0.5, 0.6) is 0 Å². The molecule has 0 aliphatic carbocycles. The molecule has 1 heterocycles. The molecule has 0 fully saturated rings. The van der Waals surface area contributed by atoms with Crippen LogP contribution >= 0.6 is 23.2 Å². The Bertz CT molecular complexity index is 652. The van der Waals surface area contributed by atoms with Crippen molar-refractivity contribution in [2.24, 2.45) is 0 Å². The largest absolute Gasteiger partial charge is 0.309 e. The average molecular weight is 326 g/mol. The first-order chi connectivity index (χ1) is 9.99. The number of aromatic nitrogens is 2. The lowest BCUT2D eigenvalue weighted by Gasteiger charge is -2.06. The molecule has 112 valence electrons. The predicted molar refractivity (Wildman–Crippen MR) is 86.1 cm³/mol.